The minimum absolute atomic E-state index is 0.0615. The van der Waals surface area contributed by atoms with Crippen LogP contribution in [0.2, 0.25) is 0 Å². The molecule has 0 spiro atoms. The molecule has 2 atom stereocenters. The van der Waals surface area contributed by atoms with Gasteiger partial charge in [-0.1, -0.05) is 13.3 Å². The maximum absolute atomic E-state index is 12.3. The summed E-state index contributed by atoms with van der Waals surface area (Å²) in [4.78, 5) is 29.0. The molecule has 6 nitrogen and oxygen atoms in total. The Bertz CT molecular complexity index is 497. The molecule has 1 aromatic heterocycles. The molecule has 2 N–H and O–H groups in total. The number of rotatable bonds is 5. The van der Waals surface area contributed by atoms with Crippen LogP contribution >= 0.6 is 11.8 Å². The maximum atomic E-state index is 12.3. The lowest BCUT2D eigenvalue weighted by Crippen LogP contribution is -2.49. The second-order valence-electron chi connectivity index (χ2n) is 4.85. The van der Waals surface area contributed by atoms with Crippen molar-refractivity contribution in [1.82, 2.24) is 15.2 Å². The van der Waals surface area contributed by atoms with Crippen LogP contribution in [0.15, 0.2) is 24.5 Å². The number of pyridine rings is 1. The van der Waals surface area contributed by atoms with Gasteiger partial charge in [0.2, 0.25) is 0 Å². The average molecular weight is 309 g/mol. The number of amides is 2. The maximum Gasteiger partial charge on any atom is 0.327 e. The van der Waals surface area contributed by atoms with Gasteiger partial charge in [0.1, 0.15) is 6.04 Å². The molecule has 1 aliphatic heterocycles. The van der Waals surface area contributed by atoms with Crippen LogP contribution in [0.4, 0.5) is 4.79 Å². The van der Waals surface area contributed by atoms with Crippen LogP contribution in [-0.4, -0.2) is 44.2 Å². The number of carbonyl (C=O) groups excluding carboxylic acids is 1. The Morgan fingerprint density at radius 1 is 1.48 bits per heavy atom. The zero-order chi connectivity index (χ0) is 15.2. The predicted octanol–water partition coefficient (Wildman–Crippen LogP) is 1.92. The Hall–Kier alpha value is -1.76. The summed E-state index contributed by atoms with van der Waals surface area (Å²) >= 11 is 1.54. The van der Waals surface area contributed by atoms with Crippen molar-refractivity contribution < 1.29 is 14.7 Å². The van der Waals surface area contributed by atoms with E-state index in [1.165, 1.54) is 16.7 Å². The summed E-state index contributed by atoms with van der Waals surface area (Å²) < 4.78 is 0. The monoisotopic (exact) mass is 309 g/mol. The van der Waals surface area contributed by atoms with Gasteiger partial charge in [0.25, 0.3) is 0 Å². The molecule has 1 aromatic rings. The minimum atomic E-state index is -0.944. The first kappa shape index (κ1) is 15.6. The van der Waals surface area contributed by atoms with E-state index in [4.69, 9.17) is 0 Å². The number of hydrogen-bond acceptors (Lipinski definition) is 4. The van der Waals surface area contributed by atoms with Crippen molar-refractivity contribution in [2.45, 2.75) is 37.7 Å². The number of hydrogen-bond donors (Lipinski definition) is 2. The minimum Gasteiger partial charge on any atom is -0.480 e. The molecule has 0 bridgehead atoms. The van der Waals surface area contributed by atoms with Gasteiger partial charge in [-0.25, -0.2) is 9.59 Å². The lowest BCUT2D eigenvalue weighted by atomic mass is 10.2. The molecule has 0 radical (unpaired) electrons. The van der Waals surface area contributed by atoms with Gasteiger partial charge in [0.15, 0.2) is 0 Å². The fourth-order valence-corrected chi connectivity index (χ4v) is 3.78. The molecule has 0 aromatic carbocycles. The molecule has 21 heavy (non-hydrogen) atoms. The van der Waals surface area contributed by atoms with Crippen LogP contribution in [0.1, 0.15) is 25.3 Å². The molecule has 1 fully saturated rings. The van der Waals surface area contributed by atoms with E-state index in [0.29, 0.717) is 12.3 Å². The van der Waals surface area contributed by atoms with Gasteiger partial charge in [0.05, 0.1) is 5.37 Å². The number of urea groups is 1. The molecule has 2 amide bonds. The van der Waals surface area contributed by atoms with Gasteiger partial charge in [0, 0.05) is 24.7 Å². The van der Waals surface area contributed by atoms with E-state index in [2.05, 4.69) is 10.3 Å². The number of aliphatic carboxylic acids is 1. The fourth-order valence-electron chi connectivity index (χ4n) is 2.27. The summed E-state index contributed by atoms with van der Waals surface area (Å²) in [5, 5.41) is 12.0. The van der Waals surface area contributed by atoms with Gasteiger partial charge in [-0.3, -0.25) is 9.88 Å². The normalized spacial score (nSPS) is 21.3. The zero-order valence-electron chi connectivity index (χ0n) is 11.9. The molecule has 1 saturated heterocycles. The van der Waals surface area contributed by atoms with Gasteiger partial charge in [-0.2, -0.15) is 0 Å². The Morgan fingerprint density at radius 3 is 2.81 bits per heavy atom. The molecule has 2 unspecified atom stereocenters. The first-order chi connectivity index (χ1) is 10.1. The predicted molar refractivity (Wildman–Crippen MR) is 80.9 cm³/mol. The summed E-state index contributed by atoms with van der Waals surface area (Å²) in [6, 6.07) is 2.57. The highest BCUT2D eigenvalue weighted by Crippen LogP contribution is 2.32. The highest BCUT2D eigenvalue weighted by atomic mass is 32.2. The molecular weight excluding hydrogens is 290 g/mol. The zero-order valence-corrected chi connectivity index (χ0v) is 12.7. The van der Waals surface area contributed by atoms with E-state index in [9.17, 15) is 14.7 Å². The summed E-state index contributed by atoms with van der Waals surface area (Å²) in [6.07, 6.45) is 5.04. The van der Waals surface area contributed by atoms with E-state index >= 15 is 0 Å². The van der Waals surface area contributed by atoms with Gasteiger partial charge < -0.3 is 10.4 Å². The molecule has 0 aliphatic carbocycles. The van der Waals surface area contributed by atoms with Gasteiger partial charge in [-0.05, 0) is 24.1 Å². The highest BCUT2D eigenvalue weighted by Gasteiger charge is 2.41. The Labute approximate surface area is 127 Å². The van der Waals surface area contributed by atoms with E-state index in [1.807, 2.05) is 19.1 Å². The topological polar surface area (TPSA) is 82.5 Å². The number of nitrogens with zero attached hydrogens (tertiary/aromatic N) is 2. The SMILES string of the molecule is CCCC1SCC(C(=O)O)N1C(=O)NCc1ccncc1. The largest absolute Gasteiger partial charge is 0.480 e. The third-order valence-electron chi connectivity index (χ3n) is 3.34. The van der Waals surface area contributed by atoms with Crippen LogP contribution in [0.3, 0.4) is 0 Å². The summed E-state index contributed by atoms with van der Waals surface area (Å²) in [7, 11) is 0. The summed E-state index contributed by atoms with van der Waals surface area (Å²) in [5.41, 5.74) is 0.934. The molecule has 2 rings (SSSR count). The van der Waals surface area contributed by atoms with Gasteiger partial charge in [-0.15, -0.1) is 11.8 Å². The number of carbonyl (C=O) groups is 2. The van der Waals surface area contributed by atoms with Crippen LogP contribution in [0.5, 0.6) is 0 Å². The number of aromatic nitrogens is 1. The van der Waals surface area contributed by atoms with Gasteiger partial charge >= 0.3 is 12.0 Å². The first-order valence-corrected chi connectivity index (χ1v) is 7.97. The third-order valence-corrected chi connectivity index (χ3v) is 4.70. The van der Waals surface area contributed by atoms with Crippen molar-refractivity contribution in [3.63, 3.8) is 0 Å². The van der Waals surface area contributed by atoms with Crippen LogP contribution < -0.4 is 5.32 Å². The first-order valence-electron chi connectivity index (χ1n) is 6.93. The van der Waals surface area contributed by atoms with E-state index in [0.717, 1.165) is 18.4 Å². The van der Waals surface area contributed by atoms with Crippen molar-refractivity contribution in [2.24, 2.45) is 0 Å². The molecule has 1 aliphatic rings. The lowest BCUT2D eigenvalue weighted by Gasteiger charge is -2.27. The number of carboxylic acid groups (broad SMARTS) is 1. The molecule has 2 heterocycles. The van der Waals surface area contributed by atoms with E-state index in [-0.39, 0.29) is 11.4 Å². The number of thioether (sulfide) groups is 1. The number of carboxylic acids is 1. The fraction of sp³-hybridized carbons (Fsp3) is 0.500. The van der Waals surface area contributed by atoms with Crippen LogP contribution in [0, 0.1) is 0 Å². The van der Waals surface area contributed by atoms with E-state index in [1.54, 1.807) is 12.4 Å². The summed E-state index contributed by atoms with van der Waals surface area (Å²) in [5.74, 6) is -0.497. The standard InChI is InChI=1S/C14H19N3O3S/c1-2-3-12-17(11(9-21-12)13(18)19)14(20)16-8-10-4-6-15-7-5-10/h4-7,11-12H,2-3,8-9H2,1H3,(H,16,20)(H,18,19). The molecule has 114 valence electrons. The smallest absolute Gasteiger partial charge is 0.327 e. The molecule has 7 heteroatoms. The Morgan fingerprint density at radius 2 is 2.19 bits per heavy atom. The van der Waals surface area contributed by atoms with Crippen LogP contribution in [0.25, 0.3) is 0 Å². The highest BCUT2D eigenvalue weighted by molar-refractivity contribution is 8.00. The van der Waals surface area contributed by atoms with Crippen molar-refractivity contribution >= 4 is 23.8 Å². The Balaban J connectivity index is 2.01. The van der Waals surface area contributed by atoms with Crippen LogP contribution in [-0.2, 0) is 11.3 Å². The Kier molecular flexibility index (Phi) is 5.44. The second-order valence-corrected chi connectivity index (χ2v) is 6.06. The quantitative estimate of drug-likeness (QED) is 0.868. The molecule has 0 saturated carbocycles. The van der Waals surface area contributed by atoms with E-state index < -0.39 is 12.0 Å². The molecular formula is C14H19N3O3S. The second kappa shape index (κ2) is 7.31. The van der Waals surface area contributed by atoms with Crippen molar-refractivity contribution in [2.75, 3.05) is 5.75 Å². The van der Waals surface area contributed by atoms with Crippen molar-refractivity contribution in [3.8, 4) is 0 Å². The summed E-state index contributed by atoms with van der Waals surface area (Å²) in [6.45, 7) is 2.40. The van der Waals surface area contributed by atoms with Crippen molar-refractivity contribution in [1.29, 1.82) is 0 Å². The lowest BCUT2D eigenvalue weighted by molar-refractivity contribution is -0.141. The third kappa shape index (κ3) is 3.87. The average Bonchev–Trinajstić information content (AvgIpc) is 2.90. The van der Waals surface area contributed by atoms with Crippen molar-refractivity contribution in [3.05, 3.63) is 30.1 Å². The number of nitrogens with one attached hydrogen (secondary N) is 1.